The summed E-state index contributed by atoms with van der Waals surface area (Å²) >= 11 is 0. The van der Waals surface area contributed by atoms with Gasteiger partial charge in [-0.1, -0.05) is 24.3 Å². The van der Waals surface area contributed by atoms with Crippen LogP contribution in [0.15, 0.2) is 78.1 Å². The number of hydrogen-bond donors (Lipinski definition) is 0. The fourth-order valence-electron chi connectivity index (χ4n) is 3.47. The molecule has 31 heavy (non-hydrogen) atoms. The summed E-state index contributed by atoms with van der Waals surface area (Å²) in [5.74, 6) is 0.728. The molecule has 0 atom stereocenters. The number of carbonyl (C=O) groups is 1. The van der Waals surface area contributed by atoms with Gasteiger partial charge in [0.25, 0.3) is 15.9 Å². The van der Waals surface area contributed by atoms with Crippen LogP contribution >= 0.6 is 0 Å². The molecule has 0 N–H and O–H groups in total. The van der Waals surface area contributed by atoms with E-state index >= 15 is 0 Å². The monoisotopic (exact) mass is 437 g/mol. The predicted octanol–water partition coefficient (Wildman–Crippen LogP) is 2.26. The Hall–Kier alpha value is -3.46. The first-order valence-corrected chi connectivity index (χ1v) is 11.3. The molecule has 0 bridgehead atoms. The van der Waals surface area contributed by atoms with Crippen molar-refractivity contribution in [3.63, 3.8) is 0 Å². The van der Waals surface area contributed by atoms with E-state index in [9.17, 15) is 13.2 Å². The van der Waals surface area contributed by atoms with Gasteiger partial charge in [0.05, 0.1) is 22.3 Å². The molecule has 0 unspecified atom stereocenters. The van der Waals surface area contributed by atoms with Gasteiger partial charge in [-0.2, -0.15) is 0 Å². The number of piperazine rings is 1. The molecule has 0 radical (unpaired) electrons. The number of benzene rings is 1. The number of anilines is 2. The second-order valence-corrected chi connectivity index (χ2v) is 9.15. The molecule has 1 aliphatic rings. The molecule has 4 rings (SSSR count). The molecule has 3 aromatic rings. The molecule has 1 amide bonds. The Labute approximate surface area is 181 Å². The van der Waals surface area contributed by atoms with Crippen molar-refractivity contribution in [2.24, 2.45) is 0 Å². The average molecular weight is 438 g/mol. The second kappa shape index (κ2) is 8.73. The number of carbonyl (C=O) groups excluding carboxylic acids is 1. The van der Waals surface area contributed by atoms with Gasteiger partial charge in [0, 0.05) is 45.6 Å². The lowest BCUT2D eigenvalue weighted by Crippen LogP contribution is -2.49. The fraction of sp³-hybridized carbons (Fsp3) is 0.227. The minimum absolute atomic E-state index is 0.166. The Morgan fingerprint density at radius 2 is 1.68 bits per heavy atom. The SMILES string of the molecule is CN(c1cncc(C(=O)N2CCN(c3ccccn3)CC2)c1)S(=O)(=O)c1ccccc1. The van der Waals surface area contributed by atoms with Crippen molar-refractivity contribution in [2.75, 3.05) is 42.4 Å². The summed E-state index contributed by atoms with van der Waals surface area (Å²) < 4.78 is 26.9. The van der Waals surface area contributed by atoms with Gasteiger partial charge in [-0.3, -0.25) is 14.1 Å². The summed E-state index contributed by atoms with van der Waals surface area (Å²) in [7, 11) is -2.28. The van der Waals surface area contributed by atoms with Crippen LogP contribution < -0.4 is 9.21 Å². The van der Waals surface area contributed by atoms with Crippen LogP contribution in [-0.4, -0.2) is 62.4 Å². The summed E-state index contributed by atoms with van der Waals surface area (Å²) in [5.41, 5.74) is 0.695. The maximum absolute atomic E-state index is 13.0. The highest BCUT2D eigenvalue weighted by Gasteiger charge is 2.25. The second-order valence-electron chi connectivity index (χ2n) is 7.18. The lowest BCUT2D eigenvalue weighted by atomic mass is 10.2. The molecule has 8 nitrogen and oxygen atoms in total. The summed E-state index contributed by atoms with van der Waals surface area (Å²) in [6.07, 6.45) is 4.67. The summed E-state index contributed by atoms with van der Waals surface area (Å²) in [6.45, 7) is 2.46. The third-order valence-corrected chi connectivity index (χ3v) is 7.08. The van der Waals surface area contributed by atoms with Crippen LogP contribution in [0.1, 0.15) is 10.4 Å². The molecular weight excluding hydrogens is 414 g/mol. The molecule has 1 fully saturated rings. The quantitative estimate of drug-likeness (QED) is 0.609. The maximum Gasteiger partial charge on any atom is 0.264 e. The smallest absolute Gasteiger partial charge is 0.264 e. The first-order chi connectivity index (χ1) is 15.0. The number of aromatic nitrogens is 2. The van der Waals surface area contributed by atoms with E-state index in [1.54, 1.807) is 35.4 Å². The van der Waals surface area contributed by atoms with Gasteiger partial charge in [0.2, 0.25) is 0 Å². The van der Waals surface area contributed by atoms with Crippen LogP contribution in [0.2, 0.25) is 0 Å². The summed E-state index contributed by atoms with van der Waals surface area (Å²) in [4.78, 5) is 25.6. The lowest BCUT2D eigenvalue weighted by molar-refractivity contribution is 0.0746. The van der Waals surface area contributed by atoms with E-state index in [0.717, 1.165) is 10.1 Å². The van der Waals surface area contributed by atoms with Crippen molar-refractivity contribution < 1.29 is 13.2 Å². The topological polar surface area (TPSA) is 86.7 Å². The third kappa shape index (κ3) is 4.36. The Bertz CT molecular complexity index is 1150. The van der Waals surface area contributed by atoms with Crippen LogP contribution in [0.4, 0.5) is 11.5 Å². The number of sulfonamides is 1. The highest BCUT2D eigenvalue weighted by molar-refractivity contribution is 7.92. The van der Waals surface area contributed by atoms with Crippen molar-refractivity contribution in [2.45, 2.75) is 4.90 Å². The van der Waals surface area contributed by atoms with Crippen LogP contribution in [0.3, 0.4) is 0 Å². The molecule has 2 aromatic heterocycles. The van der Waals surface area contributed by atoms with E-state index in [1.807, 2.05) is 18.2 Å². The zero-order chi connectivity index (χ0) is 21.8. The Balaban J connectivity index is 1.48. The molecule has 1 saturated heterocycles. The molecule has 0 aliphatic carbocycles. The molecule has 160 valence electrons. The molecule has 1 aromatic carbocycles. The van der Waals surface area contributed by atoms with Gasteiger partial charge >= 0.3 is 0 Å². The van der Waals surface area contributed by atoms with Crippen LogP contribution in [0, 0.1) is 0 Å². The minimum atomic E-state index is -3.74. The third-order valence-electron chi connectivity index (χ3n) is 5.28. The van der Waals surface area contributed by atoms with Crippen LogP contribution in [0.25, 0.3) is 0 Å². The van der Waals surface area contributed by atoms with Crippen molar-refractivity contribution >= 4 is 27.4 Å². The Kier molecular flexibility index (Phi) is 5.85. The van der Waals surface area contributed by atoms with Gasteiger partial charge in [-0.15, -0.1) is 0 Å². The number of rotatable bonds is 5. The van der Waals surface area contributed by atoms with Crippen molar-refractivity contribution in [1.82, 2.24) is 14.9 Å². The van der Waals surface area contributed by atoms with Crippen molar-refractivity contribution in [1.29, 1.82) is 0 Å². The van der Waals surface area contributed by atoms with Gasteiger partial charge < -0.3 is 9.80 Å². The van der Waals surface area contributed by atoms with Crippen molar-refractivity contribution in [3.05, 3.63) is 78.8 Å². The normalized spacial score (nSPS) is 14.4. The van der Waals surface area contributed by atoms with Gasteiger partial charge in [0.15, 0.2) is 0 Å². The highest BCUT2D eigenvalue weighted by Crippen LogP contribution is 2.23. The van der Waals surface area contributed by atoms with Crippen molar-refractivity contribution in [3.8, 4) is 0 Å². The van der Waals surface area contributed by atoms with E-state index in [4.69, 9.17) is 0 Å². The van der Waals surface area contributed by atoms with Crippen LogP contribution in [0.5, 0.6) is 0 Å². The molecule has 9 heteroatoms. The molecule has 3 heterocycles. The van der Waals surface area contributed by atoms with E-state index in [1.165, 1.54) is 31.6 Å². The first-order valence-electron chi connectivity index (χ1n) is 9.91. The highest BCUT2D eigenvalue weighted by atomic mass is 32.2. The number of amides is 1. The zero-order valence-corrected chi connectivity index (χ0v) is 17.9. The predicted molar refractivity (Wildman–Crippen MR) is 119 cm³/mol. The fourth-order valence-corrected chi connectivity index (χ4v) is 4.66. The Morgan fingerprint density at radius 1 is 0.968 bits per heavy atom. The molecule has 1 aliphatic heterocycles. The molecule has 0 spiro atoms. The zero-order valence-electron chi connectivity index (χ0n) is 17.1. The number of nitrogens with zero attached hydrogens (tertiary/aromatic N) is 5. The molecular formula is C22H23N5O3S. The first kappa shape index (κ1) is 20.8. The lowest BCUT2D eigenvalue weighted by Gasteiger charge is -2.35. The van der Waals surface area contributed by atoms with E-state index in [2.05, 4.69) is 14.9 Å². The molecule has 0 saturated carbocycles. The van der Waals surface area contributed by atoms with E-state index in [-0.39, 0.29) is 10.8 Å². The summed E-state index contributed by atoms with van der Waals surface area (Å²) in [5, 5.41) is 0. The maximum atomic E-state index is 13.0. The minimum Gasteiger partial charge on any atom is -0.353 e. The van der Waals surface area contributed by atoms with Gasteiger partial charge in [-0.05, 0) is 30.3 Å². The van der Waals surface area contributed by atoms with E-state index in [0.29, 0.717) is 37.4 Å². The largest absolute Gasteiger partial charge is 0.353 e. The standard InChI is InChI=1S/C22H23N5O3S/c1-25(31(29,30)20-7-3-2-4-8-20)19-15-18(16-23-17-19)22(28)27-13-11-26(12-14-27)21-9-5-6-10-24-21/h2-10,15-17H,11-14H2,1H3. The van der Waals surface area contributed by atoms with E-state index < -0.39 is 10.0 Å². The number of pyridine rings is 2. The van der Waals surface area contributed by atoms with Crippen LogP contribution in [-0.2, 0) is 10.0 Å². The van der Waals surface area contributed by atoms with Gasteiger partial charge in [0.1, 0.15) is 5.82 Å². The number of hydrogen-bond acceptors (Lipinski definition) is 6. The summed E-state index contributed by atoms with van der Waals surface area (Å²) in [6, 6.07) is 15.5. The average Bonchev–Trinajstić information content (AvgIpc) is 2.84. The Morgan fingerprint density at radius 3 is 2.35 bits per heavy atom. The van der Waals surface area contributed by atoms with Gasteiger partial charge in [-0.25, -0.2) is 13.4 Å².